The number of Topliss-reactive ketones (excluding diaryl/α,β-unsaturated/α-hetero) is 1. The second-order valence-electron chi connectivity index (χ2n) is 3.40. The summed E-state index contributed by atoms with van der Waals surface area (Å²) in [6, 6.07) is 3.58. The Morgan fingerprint density at radius 2 is 2.27 bits per heavy atom. The Morgan fingerprint density at radius 3 is 2.80 bits per heavy atom. The minimum atomic E-state index is -0.520. The van der Waals surface area contributed by atoms with Gasteiger partial charge in [0.25, 0.3) is 0 Å². The lowest BCUT2D eigenvalue weighted by Crippen LogP contribution is -2.15. The maximum Gasteiger partial charge on any atom is 0.131 e. The smallest absolute Gasteiger partial charge is 0.131 e. The number of carbonyl (C=O) groups is 1. The molecule has 15 heavy (non-hydrogen) atoms. The van der Waals surface area contributed by atoms with Crippen molar-refractivity contribution in [2.45, 2.75) is 19.4 Å². The number of nitrogens with two attached hydrogens (primary N) is 1. The van der Waals surface area contributed by atoms with Crippen molar-refractivity contribution in [1.82, 2.24) is 0 Å². The molecule has 0 saturated carbocycles. The molecule has 1 rings (SSSR count). The van der Waals surface area contributed by atoms with E-state index in [1.165, 1.54) is 32.2 Å². The fraction of sp³-hybridized carbons (Fsp3) is 0.364. The summed E-state index contributed by atoms with van der Waals surface area (Å²) < 4.78 is 18.0. The first-order valence-electron chi connectivity index (χ1n) is 4.63. The van der Waals surface area contributed by atoms with Crippen LogP contribution >= 0.6 is 0 Å². The number of halogens is 1. The minimum Gasteiger partial charge on any atom is -0.496 e. The van der Waals surface area contributed by atoms with E-state index in [1.54, 1.807) is 0 Å². The molecule has 0 aromatic heterocycles. The van der Waals surface area contributed by atoms with Crippen LogP contribution in [0.25, 0.3) is 0 Å². The van der Waals surface area contributed by atoms with E-state index >= 15 is 0 Å². The van der Waals surface area contributed by atoms with E-state index in [4.69, 9.17) is 10.5 Å². The van der Waals surface area contributed by atoms with Crippen LogP contribution in [-0.2, 0) is 4.79 Å². The molecule has 0 bridgehead atoms. The van der Waals surface area contributed by atoms with E-state index in [2.05, 4.69) is 0 Å². The molecule has 0 amide bonds. The fourth-order valence-electron chi connectivity index (χ4n) is 1.41. The van der Waals surface area contributed by atoms with Gasteiger partial charge in [0, 0.05) is 18.0 Å². The molecule has 0 aliphatic rings. The van der Waals surface area contributed by atoms with Crippen molar-refractivity contribution in [3.8, 4) is 5.75 Å². The van der Waals surface area contributed by atoms with Gasteiger partial charge in [-0.1, -0.05) is 0 Å². The summed E-state index contributed by atoms with van der Waals surface area (Å²) in [7, 11) is 1.48. The Labute approximate surface area is 88.0 Å². The highest BCUT2D eigenvalue weighted by Crippen LogP contribution is 2.26. The van der Waals surface area contributed by atoms with Gasteiger partial charge >= 0.3 is 0 Å². The standard InChI is InChI=1S/C11H14FNO2/c1-7(14)5-10(13)9-6-8(12)3-4-11(9)15-2/h3-4,6,10H,5,13H2,1-2H3. The lowest BCUT2D eigenvalue weighted by atomic mass is 10.0. The van der Waals surface area contributed by atoms with Gasteiger partial charge in [-0.15, -0.1) is 0 Å². The van der Waals surface area contributed by atoms with Crippen LogP contribution in [0.2, 0.25) is 0 Å². The number of methoxy groups -OCH3 is 1. The lowest BCUT2D eigenvalue weighted by molar-refractivity contribution is -0.117. The zero-order chi connectivity index (χ0) is 11.4. The maximum atomic E-state index is 13.0. The van der Waals surface area contributed by atoms with Crippen molar-refractivity contribution < 1.29 is 13.9 Å². The third-order valence-corrected chi connectivity index (χ3v) is 2.10. The quantitative estimate of drug-likeness (QED) is 0.826. The van der Waals surface area contributed by atoms with Crippen LogP contribution in [0.5, 0.6) is 5.75 Å². The van der Waals surface area contributed by atoms with Crippen molar-refractivity contribution in [2.75, 3.05) is 7.11 Å². The van der Waals surface area contributed by atoms with Crippen molar-refractivity contribution in [1.29, 1.82) is 0 Å². The molecule has 1 aromatic rings. The number of ketones is 1. The predicted molar refractivity (Wildman–Crippen MR) is 55.2 cm³/mol. The van der Waals surface area contributed by atoms with E-state index in [-0.39, 0.29) is 18.0 Å². The number of carbonyl (C=O) groups excluding carboxylic acids is 1. The Kier molecular flexibility index (Phi) is 3.80. The molecule has 1 atom stereocenters. The van der Waals surface area contributed by atoms with E-state index in [1.807, 2.05) is 0 Å². The van der Waals surface area contributed by atoms with E-state index < -0.39 is 6.04 Å². The molecule has 0 fully saturated rings. The summed E-state index contributed by atoms with van der Waals surface area (Å²) in [6.07, 6.45) is 0.180. The molecule has 1 unspecified atom stereocenters. The molecule has 1 aromatic carbocycles. The molecule has 2 N–H and O–H groups in total. The van der Waals surface area contributed by atoms with Gasteiger partial charge < -0.3 is 10.5 Å². The molecule has 0 aliphatic heterocycles. The van der Waals surface area contributed by atoms with Crippen LogP contribution in [0.3, 0.4) is 0 Å². The summed E-state index contributed by atoms with van der Waals surface area (Å²) in [5, 5.41) is 0. The van der Waals surface area contributed by atoms with Gasteiger partial charge in [-0.2, -0.15) is 0 Å². The van der Waals surface area contributed by atoms with Gasteiger partial charge in [0.1, 0.15) is 17.3 Å². The van der Waals surface area contributed by atoms with E-state index in [0.717, 1.165) is 0 Å². The highest BCUT2D eigenvalue weighted by Gasteiger charge is 2.14. The van der Waals surface area contributed by atoms with E-state index in [0.29, 0.717) is 11.3 Å². The second kappa shape index (κ2) is 4.89. The highest BCUT2D eigenvalue weighted by atomic mass is 19.1. The van der Waals surface area contributed by atoms with Crippen LogP contribution in [0.15, 0.2) is 18.2 Å². The first-order valence-corrected chi connectivity index (χ1v) is 4.63. The first-order chi connectivity index (χ1) is 7.04. The molecular weight excluding hydrogens is 197 g/mol. The Bertz CT molecular complexity index is 366. The number of hydrogen-bond donors (Lipinski definition) is 1. The van der Waals surface area contributed by atoms with Crippen LogP contribution in [0.1, 0.15) is 24.9 Å². The zero-order valence-corrected chi connectivity index (χ0v) is 8.79. The van der Waals surface area contributed by atoms with Crippen LogP contribution < -0.4 is 10.5 Å². The molecule has 82 valence electrons. The van der Waals surface area contributed by atoms with Gasteiger partial charge in [0.2, 0.25) is 0 Å². The minimum absolute atomic E-state index is 0.0335. The molecule has 0 radical (unpaired) electrons. The first kappa shape index (κ1) is 11.7. The topological polar surface area (TPSA) is 52.3 Å². The SMILES string of the molecule is COc1ccc(F)cc1C(N)CC(C)=O. The van der Waals surface area contributed by atoms with Gasteiger partial charge in [0.15, 0.2) is 0 Å². The lowest BCUT2D eigenvalue weighted by Gasteiger charge is -2.14. The molecule has 4 heteroatoms. The van der Waals surface area contributed by atoms with Crippen molar-refractivity contribution >= 4 is 5.78 Å². The zero-order valence-electron chi connectivity index (χ0n) is 8.79. The largest absolute Gasteiger partial charge is 0.496 e. The average molecular weight is 211 g/mol. The highest BCUT2D eigenvalue weighted by molar-refractivity contribution is 5.76. The Balaban J connectivity index is 2.99. The number of benzene rings is 1. The van der Waals surface area contributed by atoms with Gasteiger partial charge in [-0.25, -0.2) is 4.39 Å². The van der Waals surface area contributed by atoms with Crippen LogP contribution in [0.4, 0.5) is 4.39 Å². The van der Waals surface area contributed by atoms with Crippen LogP contribution in [0, 0.1) is 5.82 Å². The Hall–Kier alpha value is -1.42. The Morgan fingerprint density at radius 1 is 1.60 bits per heavy atom. The molecule has 0 saturated heterocycles. The predicted octanol–water partition coefficient (Wildman–Crippen LogP) is 1.81. The van der Waals surface area contributed by atoms with Crippen LogP contribution in [-0.4, -0.2) is 12.9 Å². The summed E-state index contributed by atoms with van der Waals surface area (Å²) in [5.41, 5.74) is 6.29. The third kappa shape index (κ3) is 3.02. The third-order valence-electron chi connectivity index (χ3n) is 2.10. The van der Waals surface area contributed by atoms with Crippen molar-refractivity contribution in [3.63, 3.8) is 0 Å². The average Bonchev–Trinajstić information content (AvgIpc) is 2.16. The van der Waals surface area contributed by atoms with Gasteiger partial charge in [-0.05, 0) is 25.1 Å². The van der Waals surface area contributed by atoms with E-state index in [9.17, 15) is 9.18 Å². The van der Waals surface area contributed by atoms with Crippen molar-refractivity contribution in [3.05, 3.63) is 29.6 Å². The fourth-order valence-corrected chi connectivity index (χ4v) is 1.41. The summed E-state index contributed by atoms with van der Waals surface area (Å²) >= 11 is 0. The second-order valence-corrected chi connectivity index (χ2v) is 3.40. The monoisotopic (exact) mass is 211 g/mol. The summed E-state index contributed by atoms with van der Waals surface area (Å²) in [4.78, 5) is 10.9. The van der Waals surface area contributed by atoms with Gasteiger partial charge in [-0.3, -0.25) is 4.79 Å². The molecule has 0 spiro atoms. The molecular formula is C11H14FNO2. The molecule has 0 aliphatic carbocycles. The summed E-state index contributed by atoms with van der Waals surface area (Å²) in [5.74, 6) is 0.0868. The summed E-state index contributed by atoms with van der Waals surface area (Å²) in [6.45, 7) is 1.45. The maximum absolute atomic E-state index is 13.0. The number of rotatable bonds is 4. The van der Waals surface area contributed by atoms with Gasteiger partial charge in [0.05, 0.1) is 7.11 Å². The number of ether oxygens (including phenoxy) is 1. The number of hydrogen-bond acceptors (Lipinski definition) is 3. The van der Waals surface area contributed by atoms with Crippen molar-refractivity contribution in [2.24, 2.45) is 5.73 Å². The molecule has 3 nitrogen and oxygen atoms in total. The molecule has 0 heterocycles. The normalized spacial score (nSPS) is 12.3.